The molecule has 6 heteroatoms. The molecule has 0 aliphatic rings. The number of allylic oxidation sites excluding steroid dienone is 11. The first-order valence-electron chi connectivity index (χ1n) is 13.7. The van der Waals surface area contributed by atoms with E-state index in [9.17, 15) is 19.8 Å². The Morgan fingerprint density at radius 3 is 1.59 bits per heavy atom. The maximum absolute atomic E-state index is 11.9. The first-order valence-corrected chi connectivity index (χ1v) is 13.7. The van der Waals surface area contributed by atoms with Gasteiger partial charge in [-0.05, 0) is 81.2 Å². The molecule has 0 aliphatic carbocycles. The Kier molecular flexibility index (Phi) is 19.5. The summed E-state index contributed by atoms with van der Waals surface area (Å²) in [5.41, 5.74) is 0.609. The van der Waals surface area contributed by atoms with E-state index in [1.165, 1.54) is 18.2 Å². The SMILES string of the molecule is CC/C=C\C/C=C\C/C=C\C/C=C\C/C=C\C/C=C\C(=O)NCCCCNC(=O)/C=C/c1ccc(O)c(O)c1. The summed E-state index contributed by atoms with van der Waals surface area (Å²) in [5.74, 6) is -0.802. The molecule has 0 saturated carbocycles. The fraction of sp³-hybridized carbons (Fsp3) is 0.333. The van der Waals surface area contributed by atoms with Crippen molar-refractivity contribution in [1.29, 1.82) is 0 Å². The maximum Gasteiger partial charge on any atom is 0.243 e. The fourth-order valence-corrected chi connectivity index (χ4v) is 3.21. The number of phenolic OH excluding ortho intramolecular Hbond substituents is 2. The van der Waals surface area contributed by atoms with Gasteiger partial charge in [-0.3, -0.25) is 9.59 Å². The maximum atomic E-state index is 11.9. The van der Waals surface area contributed by atoms with Crippen molar-refractivity contribution in [2.45, 2.75) is 58.3 Å². The Hall–Kier alpha value is -4.06. The molecule has 0 radical (unpaired) electrons. The number of rotatable bonds is 19. The fourth-order valence-electron chi connectivity index (χ4n) is 3.21. The van der Waals surface area contributed by atoms with Crippen molar-refractivity contribution < 1.29 is 19.8 Å². The van der Waals surface area contributed by atoms with Crippen LogP contribution in [0.1, 0.15) is 63.9 Å². The number of phenols is 2. The van der Waals surface area contributed by atoms with E-state index in [4.69, 9.17) is 0 Å². The van der Waals surface area contributed by atoms with Crippen LogP contribution in [-0.2, 0) is 9.59 Å². The monoisotopic (exact) mass is 532 g/mol. The Morgan fingerprint density at radius 2 is 1.10 bits per heavy atom. The van der Waals surface area contributed by atoms with Crippen LogP contribution in [0, 0.1) is 0 Å². The van der Waals surface area contributed by atoms with Crippen molar-refractivity contribution in [1.82, 2.24) is 10.6 Å². The molecule has 0 aliphatic heterocycles. The highest BCUT2D eigenvalue weighted by atomic mass is 16.3. The van der Waals surface area contributed by atoms with E-state index in [0.717, 1.165) is 44.9 Å². The summed E-state index contributed by atoms with van der Waals surface area (Å²) in [6.07, 6.45) is 35.0. The zero-order valence-corrected chi connectivity index (χ0v) is 23.1. The van der Waals surface area contributed by atoms with Crippen LogP contribution in [0.15, 0.2) is 97.2 Å². The molecule has 0 heterocycles. The Balaban J connectivity index is 2.01. The average Bonchev–Trinajstić information content (AvgIpc) is 2.93. The molecular weight excluding hydrogens is 488 g/mol. The average molecular weight is 533 g/mol. The van der Waals surface area contributed by atoms with E-state index < -0.39 is 0 Å². The van der Waals surface area contributed by atoms with Crippen LogP contribution in [0.3, 0.4) is 0 Å². The molecule has 6 nitrogen and oxygen atoms in total. The van der Waals surface area contributed by atoms with Crippen molar-refractivity contribution >= 4 is 17.9 Å². The van der Waals surface area contributed by atoms with Gasteiger partial charge in [0.15, 0.2) is 11.5 Å². The van der Waals surface area contributed by atoms with E-state index >= 15 is 0 Å². The van der Waals surface area contributed by atoms with Gasteiger partial charge >= 0.3 is 0 Å². The van der Waals surface area contributed by atoms with Crippen LogP contribution in [0.4, 0.5) is 0 Å². The van der Waals surface area contributed by atoms with E-state index in [2.05, 4.69) is 72.2 Å². The highest BCUT2D eigenvalue weighted by molar-refractivity contribution is 5.91. The number of carbonyl (C=O) groups is 2. The smallest absolute Gasteiger partial charge is 0.243 e. The molecule has 2 amide bonds. The van der Waals surface area contributed by atoms with Gasteiger partial charge in [0.05, 0.1) is 0 Å². The van der Waals surface area contributed by atoms with Crippen LogP contribution in [0.25, 0.3) is 6.08 Å². The number of aromatic hydroxyl groups is 2. The summed E-state index contributed by atoms with van der Waals surface area (Å²) >= 11 is 0. The van der Waals surface area contributed by atoms with Crippen molar-refractivity contribution in [3.8, 4) is 11.5 Å². The highest BCUT2D eigenvalue weighted by Gasteiger charge is 2.00. The molecule has 0 spiro atoms. The lowest BCUT2D eigenvalue weighted by atomic mass is 10.2. The predicted octanol–water partition coefficient (Wildman–Crippen LogP) is 6.82. The summed E-state index contributed by atoms with van der Waals surface area (Å²) in [7, 11) is 0. The second kappa shape index (κ2) is 23.1. The highest BCUT2D eigenvalue weighted by Crippen LogP contribution is 2.25. The molecule has 0 fully saturated rings. The first kappa shape index (κ1) is 33.0. The molecule has 39 heavy (non-hydrogen) atoms. The van der Waals surface area contributed by atoms with Gasteiger partial charge in [0.25, 0.3) is 0 Å². The molecular formula is C33H44N2O4. The minimum absolute atomic E-state index is 0.119. The number of unbranched alkanes of at least 4 members (excludes halogenated alkanes) is 1. The molecule has 0 unspecified atom stereocenters. The van der Waals surface area contributed by atoms with Crippen LogP contribution in [0.2, 0.25) is 0 Å². The minimum atomic E-state index is -0.246. The van der Waals surface area contributed by atoms with E-state index in [-0.39, 0.29) is 23.3 Å². The number of amides is 2. The van der Waals surface area contributed by atoms with Gasteiger partial charge in [0.1, 0.15) is 0 Å². The molecule has 4 N–H and O–H groups in total. The number of hydrogen-bond acceptors (Lipinski definition) is 4. The van der Waals surface area contributed by atoms with Crippen molar-refractivity contribution in [3.63, 3.8) is 0 Å². The van der Waals surface area contributed by atoms with Crippen LogP contribution >= 0.6 is 0 Å². The second-order valence-corrected chi connectivity index (χ2v) is 8.72. The van der Waals surface area contributed by atoms with Crippen LogP contribution in [-0.4, -0.2) is 35.1 Å². The molecule has 0 saturated heterocycles. The third-order valence-electron chi connectivity index (χ3n) is 5.33. The molecule has 1 aromatic carbocycles. The lowest BCUT2D eigenvalue weighted by molar-refractivity contribution is -0.117. The number of benzene rings is 1. The van der Waals surface area contributed by atoms with Gasteiger partial charge in [0, 0.05) is 19.2 Å². The standard InChI is InChI=1S/C33H44N2O4/c1-2-3-4-5-6-7-8-9-10-11-12-13-14-15-16-17-18-21-32(38)34-26-19-20-27-35-33(39)25-23-29-22-24-30(36)31(37)28-29/h3-4,6-7,9-10,12-13,15-16,18,21-25,28,36-37H,2,5,8,11,14,17,19-20,26-27H2,1H3,(H,34,38)(H,35,39)/b4-3-,7-6-,10-9-,13-12-,16-15-,21-18-,25-23+. The van der Waals surface area contributed by atoms with Gasteiger partial charge in [0.2, 0.25) is 11.8 Å². The largest absolute Gasteiger partial charge is 0.504 e. The number of carbonyl (C=O) groups excluding carboxylic acids is 2. The Bertz CT molecular complexity index is 1050. The zero-order valence-electron chi connectivity index (χ0n) is 23.1. The molecule has 0 bridgehead atoms. The van der Waals surface area contributed by atoms with Gasteiger partial charge in [-0.2, -0.15) is 0 Å². The third-order valence-corrected chi connectivity index (χ3v) is 5.33. The van der Waals surface area contributed by atoms with E-state index in [0.29, 0.717) is 25.1 Å². The van der Waals surface area contributed by atoms with Gasteiger partial charge < -0.3 is 20.8 Å². The Labute approximate surface area is 233 Å². The number of hydrogen-bond donors (Lipinski definition) is 4. The number of nitrogens with one attached hydrogen (secondary N) is 2. The minimum Gasteiger partial charge on any atom is -0.504 e. The molecule has 1 rings (SSSR count). The normalized spacial score (nSPS) is 12.4. The molecule has 0 atom stereocenters. The lowest BCUT2D eigenvalue weighted by Crippen LogP contribution is -2.25. The second-order valence-electron chi connectivity index (χ2n) is 8.72. The topological polar surface area (TPSA) is 98.7 Å². The Morgan fingerprint density at radius 1 is 0.641 bits per heavy atom. The van der Waals surface area contributed by atoms with Gasteiger partial charge in [-0.15, -0.1) is 0 Å². The summed E-state index contributed by atoms with van der Waals surface area (Å²) in [6, 6.07) is 4.33. The summed E-state index contributed by atoms with van der Waals surface area (Å²) < 4.78 is 0. The predicted molar refractivity (Wildman–Crippen MR) is 162 cm³/mol. The summed E-state index contributed by atoms with van der Waals surface area (Å²) in [4.78, 5) is 23.7. The van der Waals surface area contributed by atoms with E-state index in [1.54, 1.807) is 18.2 Å². The van der Waals surface area contributed by atoms with E-state index in [1.807, 2.05) is 12.2 Å². The molecule has 1 aromatic rings. The molecule has 210 valence electrons. The quantitative estimate of drug-likeness (QED) is 0.0680. The molecule has 0 aromatic heterocycles. The van der Waals surface area contributed by atoms with Crippen LogP contribution in [0.5, 0.6) is 11.5 Å². The summed E-state index contributed by atoms with van der Waals surface area (Å²) in [5, 5.41) is 24.4. The first-order chi connectivity index (χ1) is 19.0. The van der Waals surface area contributed by atoms with Crippen molar-refractivity contribution in [2.75, 3.05) is 13.1 Å². The van der Waals surface area contributed by atoms with Crippen molar-refractivity contribution in [2.24, 2.45) is 0 Å². The summed E-state index contributed by atoms with van der Waals surface area (Å²) in [6.45, 7) is 3.19. The zero-order chi connectivity index (χ0) is 28.4. The third kappa shape index (κ3) is 19.7. The van der Waals surface area contributed by atoms with Gasteiger partial charge in [-0.1, -0.05) is 79.8 Å². The van der Waals surface area contributed by atoms with Crippen molar-refractivity contribution in [3.05, 3.63) is 103 Å². The lowest BCUT2D eigenvalue weighted by Gasteiger charge is -2.04. The van der Waals surface area contributed by atoms with Gasteiger partial charge in [-0.25, -0.2) is 0 Å². The van der Waals surface area contributed by atoms with Crippen LogP contribution < -0.4 is 10.6 Å².